The number of benzene rings is 1. The first-order valence-corrected chi connectivity index (χ1v) is 13.6. The number of carbonyl (C=O) groups excluding carboxylic acids is 4. The Morgan fingerprint density at radius 1 is 1.12 bits per heavy atom. The first-order chi connectivity index (χ1) is 19.2. The van der Waals surface area contributed by atoms with E-state index in [1.165, 1.54) is 12.0 Å². The molecular weight excluding hydrogens is 516 g/mol. The molecule has 40 heavy (non-hydrogen) atoms. The minimum Gasteiger partial charge on any atom is -0.484 e. The van der Waals surface area contributed by atoms with Gasteiger partial charge in [0.2, 0.25) is 17.7 Å². The van der Waals surface area contributed by atoms with Gasteiger partial charge in [0, 0.05) is 33.0 Å². The molecule has 0 aliphatic carbocycles. The number of aromatic amines is 1. The Hall–Kier alpha value is -3.93. The van der Waals surface area contributed by atoms with Gasteiger partial charge in [-0.3, -0.25) is 19.2 Å². The van der Waals surface area contributed by atoms with E-state index in [1.807, 2.05) is 26.0 Å². The molecule has 0 fully saturated rings. The number of amides is 4. The number of H-pyrrole nitrogens is 1. The van der Waals surface area contributed by atoms with E-state index in [4.69, 9.17) is 9.47 Å². The molecule has 1 aromatic carbocycles. The van der Waals surface area contributed by atoms with E-state index in [9.17, 15) is 19.2 Å². The van der Waals surface area contributed by atoms with Crippen LogP contribution < -0.4 is 15.4 Å². The summed E-state index contributed by atoms with van der Waals surface area (Å²) in [5.74, 6) is -0.921. The van der Waals surface area contributed by atoms with Gasteiger partial charge in [-0.05, 0) is 30.0 Å². The van der Waals surface area contributed by atoms with Gasteiger partial charge in [0.25, 0.3) is 5.91 Å². The Labute approximate surface area is 233 Å². The summed E-state index contributed by atoms with van der Waals surface area (Å²) < 4.78 is 10.8. The Bertz CT molecular complexity index is 1200. The van der Waals surface area contributed by atoms with Gasteiger partial charge in [-0.25, -0.2) is 4.98 Å². The van der Waals surface area contributed by atoms with Crippen LogP contribution in [0.3, 0.4) is 0 Å². The van der Waals surface area contributed by atoms with Crippen molar-refractivity contribution in [3.05, 3.63) is 47.5 Å². The van der Waals surface area contributed by atoms with Crippen LogP contribution in [0.5, 0.6) is 5.75 Å². The SMILES string of the molecule is COCCN1CC(=O)N[C@@H](C(=O)N2CCc3nc[nH]c3C2)Cc2ccc(cc2)OCC(=O)N[C@@H](CC(C)C)C1=O. The lowest BCUT2D eigenvalue weighted by atomic mass is 10.0. The third-order valence-corrected chi connectivity index (χ3v) is 7.00. The van der Waals surface area contributed by atoms with Crippen molar-refractivity contribution in [3.8, 4) is 5.75 Å². The third-order valence-electron chi connectivity index (χ3n) is 7.00. The predicted molar refractivity (Wildman–Crippen MR) is 145 cm³/mol. The fourth-order valence-corrected chi connectivity index (χ4v) is 4.96. The molecule has 1 aromatic heterocycles. The molecular formula is C28H38N6O6. The molecule has 4 heterocycles. The van der Waals surface area contributed by atoms with Crippen LogP contribution in [0.1, 0.15) is 37.2 Å². The van der Waals surface area contributed by atoms with Crippen LogP contribution in [0.4, 0.5) is 0 Å². The first kappa shape index (κ1) is 29.1. The zero-order valence-corrected chi connectivity index (χ0v) is 23.3. The average Bonchev–Trinajstić information content (AvgIpc) is 3.41. The number of hydrogen-bond donors (Lipinski definition) is 3. The fourth-order valence-electron chi connectivity index (χ4n) is 4.96. The summed E-state index contributed by atoms with van der Waals surface area (Å²) in [7, 11) is 1.51. The molecule has 2 bridgehead atoms. The van der Waals surface area contributed by atoms with Crippen molar-refractivity contribution in [3.63, 3.8) is 0 Å². The van der Waals surface area contributed by atoms with Crippen LogP contribution >= 0.6 is 0 Å². The summed E-state index contributed by atoms with van der Waals surface area (Å²) in [6, 6.07) is 5.38. The van der Waals surface area contributed by atoms with E-state index in [0.29, 0.717) is 31.7 Å². The zero-order chi connectivity index (χ0) is 28.6. The van der Waals surface area contributed by atoms with E-state index in [-0.39, 0.29) is 44.5 Å². The quantitative estimate of drug-likeness (QED) is 0.439. The van der Waals surface area contributed by atoms with E-state index < -0.39 is 29.8 Å². The molecule has 0 saturated carbocycles. The van der Waals surface area contributed by atoms with Crippen molar-refractivity contribution in [1.82, 2.24) is 30.4 Å². The smallest absolute Gasteiger partial charge is 0.258 e. The molecule has 0 saturated heterocycles. The highest BCUT2D eigenvalue weighted by Gasteiger charge is 2.32. The van der Waals surface area contributed by atoms with E-state index in [0.717, 1.165) is 17.0 Å². The molecule has 216 valence electrons. The lowest BCUT2D eigenvalue weighted by molar-refractivity contribution is -0.142. The average molecular weight is 555 g/mol. The van der Waals surface area contributed by atoms with Crippen molar-refractivity contribution < 1.29 is 28.7 Å². The summed E-state index contributed by atoms with van der Waals surface area (Å²) in [6.45, 7) is 4.59. The topological polar surface area (TPSA) is 146 Å². The van der Waals surface area contributed by atoms with Crippen LogP contribution in [-0.2, 0) is 43.3 Å². The summed E-state index contributed by atoms with van der Waals surface area (Å²) in [5.41, 5.74) is 2.64. The van der Waals surface area contributed by atoms with Crippen LogP contribution in [0.15, 0.2) is 30.6 Å². The second-order valence-electron chi connectivity index (χ2n) is 10.6. The maximum atomic E-state index is 13.7. The number of aromatic nitrogens is 2. The zero-order valence-electron chi connectivity index (χ0n) is 23.3. The Morgan fingerprint density at radius 3 is 2.62 bits per heavy atom. The normalized spacial score (nSPS) is 20.6. The highest BCUT2D eigenvalue weighted by molar-refractivity contribution is 5.93. The molecule has 5 rings (SSSR count). The molecule has 3 aliphatic heterocycles. The predicted octanol–water partition coefficient (Wildman–Crippen LogP) is 0.420. The number of imidazole rings is 1. The molecule has 0 unspecified atom stereocenters. The number of methoxy groups -OCH3 is 1. The minimum atomic E-state index is -0.845. The number of hydrogen-bond acceptors (Lipinski definition) is 7. The highest BCUT2D eigenvalue weighted by Crippen LogP contribution is 2.19. The fraction of sp³-hybridized carbons (Fsp3) is 0.536. The molecule has 3 aliphatic rings. The van der Waals surface area contributed by atoms with Crippen molar-refractivity contribution in [1.29, 1.82) is 0 Å². The molecule has 3 N–H and O–H groups in total. The van der Waals surface area contributed by atoms with Gasteiger partial charge in [-0.15, -0.1) is 0 Å². The van der Waals surface area contributed by atoms with Gasteiger partial charge in [0.05, 0.1) is 37.4 Å². The number of nitrogens with one attached hydrogen (secondary N) is 3. The van der Waals surface area contributed by atoms with E-state index in [1.54, 1.807) is 23.4 Å². The summed E-state index contributed by atoms with van der Waals surface area (Å²) in [5, 5.41) is 5.65. The molecule has 0 spiro atoms. The third kappa shape index (κ3) is 7.59. The van der Waals surface area contributed by atoms with Crippen LogP contribution in [0.2, 0.25) is 0 Å². The summed E-state index contributed by atoms with van der Waals surface area (Å²) in [4.78, 5) is 63.8. The van der Waals surface area contributed by atoms with Gasteiger partial charge in [-0.2, -0.15) is 0 Å². The standard InChI is InChI=1S/C28H38N6O6/c1-18(2)12-22-27(37)34(10-11-39-3)15-25(35)31-23(28(38)33-9-8-21-24(14-33)30-17-29-21)13-19-4-6-20(7-5-19)40-16-26(36)32-22/h4-7,17-18,22-23H,8-16H2,1-3H3,(H,29,30)(H,31,35)(H,32,36)/t22-,23+/m0/s1. The van der Waals surface area contributed by atoms with E-state index >= 15 is 0 Å². The number of ether oxygens (including phenoxy) is 2. The Kier molecular flexibility index (Phi) is 9.75. The van der Waals surface area contributed by atoms with Crippen LogP contribution in [0, 0.1) is 5.92 Å². The van der Waals surface area contributed by atoms with Gasteiger partial charge in [-0.1, -0.05) is 26.0 Å². The second-order valence-corrected chi connectivity index (χ2v) is 10.6. The van der Waals surface area contributed by atoms with Crippen molar-refractivity contribution >= 4 is 23.6 Å². The molecule has 4 amide bonds. The monoisotopic (exact) mass is 554 g/mol. The minimum absolute atomic E-state index is 0.105. The molecule has 2 atom stereocenters. The highest BCUT2D eigenvalue weighted by atomic mass is 16.5. The van der Waals surface area contributed by atoms with Gasteiger partial charge >= 0.3 is 0 Å². The Morgan fingerprint density at radius 2 is 1.90 bits per heavy atom. The van der Waals surface area contributed by atoms with Gasteiger partial charge in [0.15, 0.2) is 6.61 Å². The van der Waals surface area contributed by atoms with Crippen LogP contribution in [-0.4, -0.2) is 95.4 Å². The van der Waals surface area contributed by atoms with Crippen LogP contribution in [0.25, 0.3) is 0 Å². The maximum Gasteiger partial charge on any atom is 0.258 e. The number of fused-ring (bicyclic) bond motifs is 14. The summed E-state index contributed by atoms with van der Waals surface area (Å²) in [6.07, 6.45) is 2.88. The number of carbonyl (C=O) groups is 4. The maximum absolute atomic E-state index is 13.7. The van der Waals surface area contributed by atoms with Crippen molar-refractivity contribution in [2.24, 2.45) is 5.92 Å². The molecule has 12 heteroatoms. The van der Waals surface area contributed by atoms with Gasteiger partial charge < -0.3 is 34.9 Å². The molecule has 12 nitrogen and oxygen atoms in total. The largest absolute Gasteiger partial charge is 0.484 e. The number of nitrogens with zero attached hydrogens (tertiary/aromatic N) is 3. The van der Waals surface area contributed by atoms with Crippen molar-refractivity contribution in [2.75, 3.05) is 40.0 Å². The first-order valence-electron chi connectivity index (χ1n) is 13.6. The molecule has 2 aromatic rings. The van der Waals surface area contributed by atoms with E-state index in [2.05, 4.69) is 20.6 Å². The molecule has 0 radical (unpaired) electrons. The van der Waals surface area contributed by atoms with Crippen molar-refractivity contribution in [2.45, 2.75) is 51.7 Å². The summed E-state index contributed by atoms with van der Waals surface area (Å²) >= 11 is 0. The number of rotatable bonds is 6. The lowest BCUT2D eigenvalue weighted by Gasteiger charge is -2.32. The van der Waals surface area contributed by atoms with Gasteiger partial charge in [0.1, 0.15) is 17.8 Å². The Balaban J connectivity index is 1.61. The second kappa shape index (κ2) is 13.4. The lowest BCUT2D eigenvalue weighted by Crippen LogP contribution is -2.55.